The quantitative estimate of drug-likeness (QED) is 0.0274. The van der Waals surface area contributed by atoms with Crippen molar-refractivity contribution in [3.05, 3.63) is 35.9 Å². The fraction of sp³-hybridized carbons (Fsp3) is 0.651. The Bertz CT molecular complexity index is 2860. The first kappa shape index (κ1) is 86.6. The van der Waals surface area contributed by atoms with E-state index in [1.54, 1.807) is 71.9 Å². The Hall–Kier alpha value is -9.38. The number of carboxylic acid groups (broad SMARTS) is 3. The monoisotopic (exact) mass is 1390 g/mol. The smallest absolute Gasteiger partial charge is 0.326 e. The van der Waals surface area contributed by atoms with E-state index in [1.165, 1.54) is 13.8 Å². The number of rotatable bonds is 49. The first-order chi connectivity index (χ1) is 46.0. The molecule has 0 heterocycles. The lowest BCUT2D eigenvalue weighted by Crippen LogP contribution is -2.60. The van der Waals surface area contributed by atoms with Gasteiger partial charge in [-0.05, 0) is 100 Å². The molecule has 0 aliphatic rings. The van der Waals surface area contributed by atoms with Crippen molar-refractivity contribution in [3.8, 4) is 0 Å². The van der Waals surface area contributed by atoms with Gasteiger partial charge in [0.05, 0.1) is 38.5 Å². The third kappa shape index (κ3) is 35.0. The van der Waals surface area contributed by atoms with Gasteiger partial charge in [0.2, 0.25) is 76.8 Å². The maximum atomic E-state index is 14.4. The number of nitrogens with one attached hydrogen (secondary N) is 12. The Morgan fingerprint density at radius 3 is 1.32 bits per heavy atom. The summed E-state index contributed by atoms with van der Waals surface area (Å²) < 4.78 is 0. The Balaban J connectivity index is 3.30. The minimum Gasteiger partial charge on any atom is -0.481 e. The van der Waals surface area contributed by atoms with Gasteiger partial charge in [0, 0.05) is 12.8 Å². The van der Waals surface area contributed by atoms with Gasteiger partial charge in [0.25, 0.3) is 0 Å². The van der Waals surface area contributed by atoms with Crippen molar-refractivity contribution >= 4 is 94.7 Å². The minimum absolute atomic E-state index is 0.0397. The number of hydrogen-bond donors (Lipinski definition) is 19. The predicted molar refractivity (Wildman–Crippen MR) is 354 cm³/mol. The molecule has 1 aromatic rings. The van der Waals surface area contributed by atoms with Crippen LogP contribution in [-0.4, -0.2) is 203 Å². The molecule has 0 spiro atoms. The van der Waals surface area contributed by atoms with E-state index in [4.69, 9.17) is 22.9 Å². The molecule has 13 amide bonds. The molecule has 1 rings (SSSR count). The molecule has 0 bridgehead atoms. The highest BCUT2D eigenvalue weighted by Crippen LogP contribution is 2.14. The van der Waals surface area contributed by atoms with E-state index in [1.807, 2.05) is 0 Å². The number of carbonyl (C=O) groups is 16. The summed E-state index contributed by atoms with van der Waals surface area (Å²) in [6.45, 7) is 11.4. The SMILES string of the molecule is CC[C@H](C)[C@H](N)C(=O)N[C@@H](CC(N)=O)C(=O)N[C@H](C(=O)NCC(=O)N[C@@H](CC(=O)O)C(=O)NCC(=O)NCC(=O)N[C@@H](CC(C)C)C(=O)N[C@@H](Cc1ccccc1)C(=O)N[C@@H](CCC(=O)O)C(=O)N[C@@H](CCCCN)C(=O)N[C@@H](CCCCN)C(=O)N[C@@H](CC(C)C)C(=O)O)C(C)C. The number of amides is 13. The summed E-state index contributed by atoms with van der Waals surface area (Å²) in [5.41, 5.74) is 23.2. The lowest BCUT2D eigenvalue weighted by molar-refractivity contribution is -0.143. The van der Waals surface area contributed by atoms with E-state index in [9.17, 15) is 92.0 Å². The van der Waals surface area contributed by atoms with E-state index in [0.717, 1.165) is 0 Å². The van der Waals surface area contributed by atoms with Crippen LogP contribution in [0.5, 0.6) is 0 Å². The van der Waals surface area contributed by atoms with E-state index >= 15 is 0 Å². The Labute approximate surface area is 569 Å². The summed E-state index contributed by atoms with van der Waals surface area (Å²) in [5.74, 6) is -18.0. The lowest BCUT2D eigenvalue weighted by atomic mass is 9.98. The number of primary amides is 1. The molecule has 0 fully saturated rings. The normalized spacial score (nSPS) is 14.5. The van der Waals surface area contributed by atoms with Gasteiger partial charge < -0.3 is 102 Å². The molecular formula is C63H104N16O19. The van der Waals surface area contributed by atoms with Gasteiger partial charge in [0.1, 0.15) is 54.4 Å². The van der Waals surface area contributed by atoms with Crippen molar-refractivity contribution in [2.75, 3.05) is 32.7 Å². The Kier molecular flexibility index (Phi) is 40.6. The number of nitrogens with two attached hydrogens (primary N) is 4. The van der Waals surface area contributed by atoms with Crippen LogP contribution in [0.4, 0.5) is 0 Å². The summed E-state index contributed by atoms with van der Waals surface area (Å²) in [6, 6.07) is -6.08. The van der Waals surface area contributed by atoms with E-state index in [0.29, 0.717) is 31.2 Å². The average Bonchev–Trinajstić information content (AvgIpc) is 0.866. The molecule has 11 atom stereocenters. The fourth-order valence-electron chi connectivity index (χ4n) is 9.54. The van der Waals surface area contributed by atoms with Crippen molar-refractivity contribution in [1.82, 2.24) is 63.8 Å². The third-order valence-electron chi connectivity index (χ3n) is 15.2. The number of hydrogen-bond acceptors (Lipinski definition) is 19. The number of unbranched alkanes of at least 4 members (excludes halogenated alkanes) is 2. The summed E-state index contributed by atoms with van der Waals surface area (Å²) in [4.78, 5) is 210. The van der Waals surface area contributed by atoms with Crippen molar-refractivity contribution < 1.29 is 92.0 Å². The molecule has 0 saturated carbocycles. The Morgan fingerprint density at radius 2 is 0.847 bits per heavy atom. The predicted octanol–water partition coefficient (Wildman–Crippen LogP) is -4.38. The van der Waals surface area contributed by atoms with Gasteiger partial charge >= 0.3 is 17.9 Å². The summed E-state index contributed by atoms with van der Waals surface area (Å²) >= 11 is 0. The zero-order valence-corrected chi connectivity index (χ0v) is 57.1. The molecule has 0 radical (unpaired) electrons. The van der Waals surface area contributed by atoms with Crippen LogP contribution in [0.15, 0.2) is 30.3 Å². The number of carboxylic acids is 3. The van der Waals surface area contributed by atoms with Gasteiger partial charge in [-0.15, -0.1) is 0 Å². The lowest BCUT2D eigenvalue weighted by Gasteiger charge is -2.28. The largest absolute Gasteiger partial charge is 0.481 e. The van der Waals surface area contributed by atoms with Crippen molar-refractivity contribution in [2.24, 2.45) is 46.6 Å². The van der Waals surface area contributed by atoms with E-state index < -0.39 is 206 Å². The van der Waals surface area contributed by atoms with Crippen LogP contribution in [0, 0.1) is 23.7 Å². The number of carbonyl (C=O) groups excluding carboxylic acids is 13. The molecular weight excluding hydrogens is 1280 g/mol. The van der Waals surface area contributed by atoms with Crippen LogP contribution in [0.25, 0.3) is 0 Å². The van der Waals surface area contributed by atoms with Crippen LogP contribution in [-0.2, 0) is 83.1 Å². The standard InChI is InChI=1S/C63H104N16O19/c1-9-36(8)52(67)61(95)77-43(28-46(66)80)60(94)79-53(35(6)7)62(96)70-32-49(83)72-44(29-51(86)87)54(88)69-30-47(81)68-31-48(82)71-41(25-33(2)3)58(92)76-42(27-37-17-11-10-12-18-37)59(93)75-40(21-22-50(84)85)57(91)74-38(19-13-15-23-64)55(89)73-39(20-14-16-24-65)56(90)78-45(63(97)98)26-34(4)5/h10-12,17-18,33-36,38-45,52-53H,9,13-16,19-32,64-65,67H2,1-8H3,(H2,66,80)(H,68,81)(H,69,88)(H,70,96)(H,71,82)(H,72,83)(H,73,89)(H,74,91)(H,75,93)(H,76,92)(H,77,95)(H,78,90)(H,79,94)(H,84,85)(H,86,87)(H,97,98)/t36-,38-,39-,40-,41-,42-,43-,44-,45-,52-,53-/m0/s1. The zero-order chi connectivity index (χ0) is 74.4. The van der Waals surface area contributed by atoms with E-state index in [2.05, 4.69) is 63.8 Å². The third-order valence-corrected chi connectivity index (χ3v) is 15.2. The number of benzene rings is 1. The van der Waals surface area contributed by atoms with Gasteiger partial charge in [-0.3, -0.25) is 71.9 Å². The molecule has 98 heavy (non-hydrogen) atoms. The molecule has 35 nitrogen and oxygen atoms in total. The van der Waals surface area contributed by atoms with Gasteiger partial charge in [-0.1, -0.05) is 92.1 Å². The minimum atomic E-state index is -1.83. The van der Waals surface area contributed by atoms with Gasteiger partial charge in [0.15, 0.2) is 0 Å². The molecule has 0 aliphatic carbocycles. The van der Waals surface area contributed by atoms with Crippen molar-refractivity contribution in [3.63, 3.8) is 0 Å². The maximum absolute atomic E-state index is 14.4. The summed E-state index contributed by atoms with van der Waals surface area (Å²) in [5, 5.41) is 57.9. The zero-order valence-electron chi connectivity index (χ0n) is 57.1. The molecule has 0 unspecified atom stereocenters. The molecule has 23 N–H and O–H groups in total. The van der Waals surface area contributed by atoms with Gasteiger partial charge in [-0.2, -0.15) is 0 Å². The summed E-state index contributed by atoms with van der Waals surface area (Å²) in [7, 11) is 0. The highest BCUT2D eigenvalue weighted by Gasteiger charge is 2.36. The van der Waals surface area contributed by atoms with Crippen LogP contribution >= 0.6 is 0 Å². The molecule has 0 saturated heterocycles. The van der Waals surface area contributed by atoms with E-state index in [-0.39, 0.29) is 69.4 Å². The van der Waals surface area contributed by atoms with Crippen LogP contribution < -0.4 is 86.7 Å². The first-order valence-corrected chi connectivity index (χ1v) is 32.7. The second-order valence-electron chi connectivity index (χ2n) is 25.0. The van der Waals surface area contributed by atoms with Crippen molar-refractivity contribution in [2.45, 2.75) is 206 Å². The second-order valence-corrected chi connectivity index (χ2v) is 25.0. The van der Waals surface area contributed by atoms with Crippen molar-refractivity contribution in [1.29, 1.82) is 0 Å². The highest BCUT2D eigenvalue weighted by atomic mass is 16.4. The van der Waals surface area contributed by atoms with Gasteiger partial charge in [-0.25, -0.2) is 4.79 Å². The first-order valence-electron chi connectivity index (χ1n) is 32.7. The molecule has 35 heteroatoms. The molecule has 0 aromatic heterocycles. The molecule has 1 aromatic carbocycles. The average molecular weight is 1390 g/mol. The van der Waals surface area contributed by atoms with Crippen LogP contribution in [0.1, 0.15) is 144 Å². The van der Waals surface area contributed by atoms with Crippen LogP contribution in [0.2, 0.25) is 0 Å². The number of aliphatic carboxylic acids is 3. The molecule has 550 valence electrons. The van der Waals surface area contributed by atoms with Crippen LogP contribution in [0.3, 0.4) is 0 Å². The summed E-state index contributed by atoms with van der Waals surface area (Å²) in [6.07, 6.45) is -1.08. The highest BCUT2D eigenvalue weighted by molar-refractivity contribution is 5.99. The Morgan fingerprint density at radius 1 is 0.429 bits per heavy atom. The molecule has 0 aliphatic heterocycles. The topological polar surface area (TPSA) is 582 Å². The second kappa shape index (κ2) is 45.9. The fourth-order valence-corrected chi connectivity index (χ4v) is 9.54. The maximum Gasteiger partial charge on any atom is 0.326 e.